The van der Waals surface area contributed by atoms with Gasteiger partial charge in [0.15, 0.2) is 0 Å². The molecule has 118 valence electrons. The molecule has 0 aliphatic heterocycles. The summed E-state index contributed by atoms with van der Waals surface area (Å²) < 4.78 is 33.5. The Kier molecular flexibility index (Phi) is 5.67. The van der Waals surface area contributed by atoms with Crippen LogP contribution in [-0.2, 0) is 11.2 Å². The van der Waals surface area contributed by atoms with Crippen molar-refractivity contribution in [2.24, 2.45) is 5.84 Å². The summed E-state index contributed by atoms with van der Waals surface area (Å²) >= 11 is 0. The number of benzene rings is 1. The van der Waals surface area contributed by atoms with E-state index in [0.29, 0.717) is 0 Å². The van der Waals surface area contributed by atoms with Gasteiger partial charge in [0.2, 0.25) is 0 Å². The van der Waals surface area contributed by atoms with Crippen LogP contribution in [0.25, 0.3) is 0 Å². The third-order valence-corrected chi connectivity index (χ3v) is 4.66. The van der Waals surface area contributed by atoms with Gasteiger partial charge in [-0.25, -0.2) is 8.78 Å². The molecule has 0 aromatic heterocycles. The van der Waals surface area contributed by atoms with Gasteiger partial charge in [-0.05, 0) is 31.4 Å². The monoisotopic (exact) mass is 298 g/mol. The first kappa shape index (κ1) is 16.3. The molecule has 21 heavy (non-hydrogen) atoms. The molecule has 5 heteroatoms. The van der Waals surface area contributed by atoms with Crippen molar-refractivity contribution in [1.29, 1.82) is 0 Å². The summed E-state index contributed by atoms with van der Waals surface area (Å²) in [5.41, 5.74) is 2.35. The van der Waals surface area contributed by atoms with Crippen LogP contribution < -0.4 is 11.3 Å². The summed E-state index contributed by atoms with van der Waals surface area (Å²) in [6.07, 6.45) is 6.32. The third kappa shape index (κ3) is 3.59. The maximum Gasteiger partial charge on any atom is 0.129 e. The second-order valence-electron chi connectivity index (χ2n) is 5.81. The fraction of sp³-hybridized carbons (Fsp3) is 0.625. The van der Waals surface area contributed by atoms with Gasteiger partial charge in [-0.2, -0.15) is 0 Å². The highest BCUT2D eigenvalue weighted by Crippen LogP contribution is 2.34. The highest BCUT2D eigenvalue weighted by atomic mass is 19.1. The van der Waals surface area contributed by atoms with E-state index < -0.39 is 17.2 Å². The van der Waals surface area contributed by atoms with Crippen LogP contribution in [-0.4, -0.2) is 18.8 Å². The molecule has 0 amide bonds. The fourth-order valence-corrected chi connectivity index (χ4v) is 3.35. The Morgan fingerprint density at radius 3 is 2.24 bits per heavy atom. The lowest BCUT2D eigenvalue weighted by Crippen LogP contribution is -2.55. The number of ether oxygens (including phenoxy) is 1. The van der Waals surface area contributed by atoms with Gasteiger partial charge in [0.1, 0.15) is 11.6 Å². The quantitative estimate of drug-likeness (QED) is 0.499. The van der Waals surface area contributed by atoms with Crippen LogP contribution >= 0.6 is 0 Å². The molecular weight excluding hydrogens is 274 g/mol. The molecule has 3 N–H and O–H groups in total. The number of hydrazine groups is 1. The minimum atomic E-state index is -0.532. The van der Waals surface area contributed by atoms with Crippen LogP contribution in [0, 0.1) is 11.6 Å². The van der Waals surface area contributed by atoms with E-state index in [1.165, 1.54) is 18.2 Å². The number of rotatable bonds is 5. The Hall–Kier alpha value is -1.04. The number of methoxy groups -OCH3 is 1. The molecule has 2 rings (SSSR count). The molecule has 1 fully saturated rings. The number of nitrogens with one attached hydrogen (secondary N) is 1. The van der Waals surface area contributed by atoms with Crippen molar-refractivity contribution in [3.63, 3.8) is 0 Å². The Balaban J connectivity index is 2.25. The Morgan fingerprint density at radius 1 is 1.19 bits per heavy atom. The molecule has 1 atom stereocenters. The number of nitrogens with two attached hydrogens (primary N) is 1. The van der Waals surface area contributed by atoms with Crippen molar-refractivity contribution in [1.82, 2.24) is 5.43 Å². The number of hydrogen-bond donors (Lipinski definition) is 2. The molecule has 1 aliphatic rings. The van der Waals surface area contributed by atoms with E-state index in [4.69, 9.17) is 10.6 Å². The average Bonchev–Trinajstić information content (AvgIpc) is 2.73. The fourth-order valence-electron chi connectivity index (χ4n) is 3.35. The maximum atomic E-state index is 13.9. The van der Waals surface area contributed by atoms with Crippen LogP contribution in [0.5, 0.6) is 0 Å². The van der Waals surface area contributed by atoms with E-state index in [1.54, 1.807) is 7.11 Å². The summed E-state index contributed by atoms with van der Waals surface area (Å²) in [6.45, 7) is 0. The second kappa shape index (κ2) is 7.29. The lowest BCUT2D eigenvalue weighted by Gasteiger charge is -2.39. The topological polar surface area (TPSA) is 47.3 Å². The zero-order valence-corrected chi connectivity index (χ0v) is 12.5. The van der Waals surface area contributed by atoms with E-state index in [2.05, 4.69) is 5.43 Å². The predicted molar refractivity (Wildman–Crippen MR) is 78.6 cm³/mol. The molecule has 3 nitrogen and oxygen atoms in total. The van der Waals surface area contributed by atoms with Crippen LogP contribution in [0.1, 0.15) is 44.1 Å². The Morgan fingerprint density at radius 2 is 1.76 bits per heavy atom. The van der Waals surface area contributed by atoms with Crippen molar-refractivity contribution >= 4 is 0 Å². The summed E-state index contributed by atoms with van der Waals surface area (Å²) in [7, 11) is 1.66. The summed E-state index contributed by atoms with van der Waals surface area (Å²) in [4.78, 5) is 0. The van der Waals surface area contributed by atoms with E-state index in [0.717, 1.165) is 38.5 Å². The van der Waals surface area contributed by atoms with Crippen LogP contribution in [0.15, 0.2) is 18.2 Å². The molecule has 1 aliphatic carbocycles. The maximum absolute atomic E-state index is 13.9. The van der Waals surface area contributed by atoms with Gasteiger partial charge in [0, 0.05) is 12.7 Å². The molecule has 1 aromatic rings. The number of halogens is 2. The minimum Gasteiger partial charge on any atom is -0.377 e. The van der Waals surface area contributed by atoms with Crippen LogP contribution in [0.4, 0.5) is 8.78 Å². The van der Waals surface area contributed by atoms with Gasteiger partial charge in [0.25, 0.3) is 0 Å². The second-order valence-corrected chi connectivity index (χ2v) is 5.81. The third-order valence-electron chi connectivity index (χ3n) is 4.66. The van der Waals surface area contributed by atoms with Crippen molar-refractivity contribution in [2.45, 2.75) is 56.6 Å². The van der Waals surface area contributed by atoms with E-state index in [9.17, 15) is 8.78 Å². The lowest BCUT2D eigenvalue weighted by atomic mass is 9.83. The van der Waals surface area contributed by atoms with Crippen molar-refractivity contribution in [3.05, 3.63) is 35.4 Å². The van der Waals surface area contributed by atoms with Gasteiger partial charge < -0.3 is 4.74 Å². The van der Waals surface area contributed by atoms with Crippen LogP contribution in [0.2, 0.25) is 0 Å². The summed E-state index contributed by atoms with van der Waals surface area (Å²) in [5.74, 6) is 4.62. The first-order chi connectivity index (χ1) is 10.1. The average molecular weight is 298 g/mol. The van der Waals surface area contributed by atoms with Crippen LogP contribution in [0.3, 0.4) is 0 Å². The Bertz CT molecular complexity index is 439. The van der Waals surface area contributed by atoms with Crippen molar-refractivity contribution < 1.29 is 13.5 Å². The lowest BCUT2D eigenvalue weighted by molar-refractivity contribution is -0.0530. The van der Waals surface area contributed by atoms with Gasteiger partial charge in [0.05, 0.1) is 11.6 Å². The molecule has 0 saturated heterocycles. The summed E-state index contributed by atoms with van der Waals surface area (Å²) in [6, 6.07) is 3.61. The van der Waals surface area contributed by atoms with Gasteiger partial charge in [-0.3, -0.25) is 11.3 Å². The van der Waals surface area contributed by atoms with E-state index >= 15 is 0 Å². The first-order valence-electron chi connectivity index (χ1n) is 7.57. The highest BCUT2D eigenvalue weighted by molar-refractivity contribution is 5.21. The standard InChI is InChI=1S/C16H24F2N2O/c1-21-16(9-4-2-3-5-10-16)15(20-19)11-12-13(17)7-6-8-14(12)18/h6-8,15,20H,2-5,9-11,19H2,1H3. The molecule has 0 heterocycles. The number of hydrogen-bond acceptors (Lipinski definition) is 3. The molecular formula is C16H24F2N2O. The molecule has 0 radical (unpaired) electrons. The largest absolute Gasteiger partial charge is 0.377 e. The normalized spacial score (nSPS) is 20.0. The van der Waals surface area contributed by atoms with Crippen molar-refractivity contribution in [3.8, 4) is 0 Å². The Labute approximate surface area is 124 Å². The molecule has 1 aromatic carbocycles. The molecule has 1 saturated carbocycles. The van der Waals surface area contributed by atoms with Gasteiger partial charge in [-0.1, -0.05) is 31.7 Å². The molecule has 1 unspecified atom stereocenters. The van der Waals surface area contributed by atoms with E-state index in [-0.39, 0.29) is 18.0 Å². The van der Waals surface area contributed by atoms with E-state index in [1.807, 2.05) is 0 Å². The van der Waals surface area contributed by atoms with Gasteiger partial charge >= 0.3 is 0 Å². The highest BCUT2D eigenvalue weighted by Gasteiger charge is 2.39. The first-order valence-corrected chi connectivity index (χ1v) is 7.57. The zero-order chi connectivity index (χ0) is 15.3. The predicted octanol–water partition coefficient (Wildman–Crippen LogP) is 3.08. The summed E-state index contributed by atoms with van der Waals surface area (Å²) in [5, 5.41) is 0. The smallest absolute Gasteiger partial charge is 0.129 e. The SMILES string of the molecule is COC1(C(Cc2c(F)cccc2F)NN)CCCCCC1. The molecule has 0 spiro atoms. The zero-order valence-electron chi connectivity index (χ0n) is 12.5. The minimum absolute atomic E-state index is 0.0705. The molecule has 0 bridgehead atoms. The van der Waals surface area contributed by atoms with Gasteiger partial charge in [-0.15, -0.1) is 0 Å². The van der Waals surface area contributed by atoms with Crippen molar-refractivity contribution in [2.75, 3.05) is 7.11 Å².